The van der Waals surface area contributed by atoms with Crippen LogP contribution in [-0.2, 0) is 14.4 Å². The van der Waals surface area contributed by atoms with Crippen molar-refractivity contribution in [3.05, 3.63) is 36.4 Å². The van der Waals surface area contributed by atoms with Crippen molar-refractivity contribution in [1.82, 2.24) is 0 Å². The smallest absolute Gasteiger partial charge is 0.328 e. The number of nitrogens with one attached hydrogen (secondary N) is 1. The number of carboxylic acid groups (broad SMARTS) is 1. The molecule has 0 saturated heterocycles. The number of fused-ring (bicyclic) bond motifs is 1. The van der Waals surface area contributed by atoms with Crippen molar-refractivity contribution >= 4 is 29.2 Å². The first-order valence-corrected chi connectivity index (χ1v) is 6.11. The Hall–Kier alpha value is -2.63. The Kier molecular flexibility index (Phi) is 3.84. The standard InChI is InChI=1S/C14H14N2O4/c1-9-8-16(12(17)6-7-13(18)19)11-5-3-2-4-10(11)15-14(9)20/h2-7,9H,8H2,1H3,(H,15,20)(H,18,19)/b7-6+/t9-/m1/s1. The summed E-state index contributed by atoms with van der Waals surface area (Å²) >= 11 is 0. The second kappa shape index (κ2) is 5.56. The highest BCUT2D eigenvalue weighted by Gasteiger charge is 2.27. The lowest BCUT2D eigenvalue weighted by Crippen LogP contribution is -2.34. The molecule has 0 aliphatic carbocycles. The lowest BCUT2D eigenvalue weighted by Gasteiger charge is -2.21. The Morgan fingerprint density at radius 1 is 1.35 bits per heavy atom. The number of rotatable bonds is 2. The molecule has 0 fully saturated rings. The van der Waals surface area contributed by atoms with E-state index in [1.165, 1.54) is 4.90 Å². The fourth-order valence-electron chi connectivity index (χ4n) is 1.97. The van der Waals surface area contributed by atoms with Gasteiger partial charge in [0.1, 0.15) is 0 Å². The number of carbonyl (C=O) groups is 3. The van der Waals surface area contributed by atoms with Crippen molar-refractivity contribution in [3.63, 3.8) is 0 Å². The molecule has 1 atom stereocenters. The maximum Gasteiger partial charge on any atom is 0.328 e. The highest BCUT2D eigenvalue weighted by Crippen LogP contribution is 2.29. The van der Waals surface area contributed by atoms with E-state index in [-0.39, 0.29) is 18.4 Å². The molecule has 1 aliphatic rings. The van der Waals surface area contributed by atoms with Crippen LogP contribution in [-0.4, -0.2) is 29.4 Å². The minimum Gasteiger partial charge on any atom is -0.478 e. The number of nitrogens with zero attached hydrogens (tertiary/aromatic N) is 1. The number of hydrogen-bond donors (Lipinski definition) is 2. The van der Waals surface area contributed by atoms with E-state index in [2.05, 4.69) is 5.32 Å². The molecule has 20 heavy (non-hydrogen) atoms. The molecule has 0 saturated carbocycles. The van der Waals surface area contributed by atoms with Gasteiger partial charge in [-0.25, -0.2) is 4.79 Å². The summed E-state index contributed by atoms with van der Waals surface area (Å²) in [4.78, 5) is 35.8. The van der Waals surface area contributed by atoms with Crippen LogP contribution in [0.3, 0.4) is 0 Å². The van der Waals surface area contributed by atoms with Crippen molar-refractivity contribution < 1.29 is 19.5 Å². The summed E-state index contributed by atoms with van der Waals surface area (Å²) in [7, 11) is 0. The molecule has 6 heteroatoms. The monoisotopic (exact) mass is 274 g/mol. The number of amides is 2. The van der Waals surface area contributed by atoms with Crippen LogP contribution >= 0.6 is 0 Å². The van der Waals surface area contributed by atoms with Gasteiger partial charge in [0.2, 0.25) is 5.91 Å². The van der Waals surface area contributed by atoms with Gasteiger partial charge >= 0.3 is 5.97 Å². The number of anilines is 2. The fourth-order valence-corrected chi connectivity index (χ4v) is 1.97. The van der Waals surface area contributed by atoms with Crippen LogP contribution in [0.5, 0.6) is 0 Å². The topological polar surface area (TPSA) is 86.7 Å². The lowest BCUT2D eigenvalue weighted by molar-refractivity contribution is -0.131. The first-order chi connectivity index (χ1) is 9.49. The van der Waals surface area contributed by atoms with Gasteiger partial charge in [-0.15, -0.1) is 0 Å². The summed E-state index contributed by atoms with van der Waals surface area (Å²) in [6, 6.07) is 6.92. The third-order valence-corrected chi connectivity index (χ3v) is 2.99. The number of carboxylic acids is 1. The molecule has 2 rings (SSSR count). The molecule has 6 nitrogen and oxygen atoms in total. The Labute approximate surface area is 115 Å². The Morgan fingerprint density at radius 3 is 2.75 bits per heavy atom. The van der Waals surface area contributed by atoms with Crippen LogP contribution in [0.15, 0.2) is 36.4 Å². The Balaban J connectivity index is 2.38. The summed E-state index contributed by atoms with van der Waals surface area (Å²) in [6.07, 6.45) is 1.78. The summed E-state index contributed by atoms with van der Waals surface area (Å²) in [6.45, 7) is 1.91. The molecule has 0 bridgehead atoms. The van der Waals surface area contributed by atoms with Crippen molar-refractivity contribution in [1.29, 1.82) is 0 Å². The lowest BCUT2D eigenvalue weighted by atomic mass is 10.1. The summed E-state index contributed by atoms with van der Waals surface area (Å²) < 4.78 is 0. The van der Waals surface area contributed by atoms with Gasteiger partial charge in [0.05, 0.1) is 17.3 Å². The van der Waals surface area contributed by atoms with Crippen LogP contribution in [0.2, 0.25) is 0 Å². The number of carbonyl (C=O) groups excluding carboxylic acids is 2. The van der Waals surface area contributed by atoms with E-state index in [0.717, 1.165) is 12.2 Å². The second-order valence-corrected chi connectivity index (χ2v) is 4.53. The molecule has 1 heterocycles. The number of aliphatic carboxylic acids is 1. The molecule has 1 aromatic rings. The van der Waals surface area contributed by atoms with E-state index in [4.69, 9.17) is 5.11 Å². The SMILES string of the molecule is C[C@@H]1CN(C(=O)/C=C/C(=O)O)c2ccccc2NC1=O. The third kappa shape index (κ3) is 2.85. The summed E-state index contributed by atoms with van der Waals surface area (Å²) in [5.41, 5.74) is 1.10. The van der Waals surface area contributed by atoms with Crippen LogP contribution in [0.1, 0.15) is 6.92 Å². The highest BCUT2D eigenvalue weighted by atomic mass is 16.4. The molecule has 0 spiro atoms. The second-order valence-electron chi connectivity index (χ2n) is 4.53. The zero-order chi connectivity index (χ0) is 14.7. The molecule has 2 N–H and O–H groups in total. The van der Waals surface area contributed by atoms with Crippen LogP contribution in [0.25, 0.3) is 0 Å². The number of benzene rings is 1. The molecule has 104 valence electrons. The van der Waals surface area contributed by atoms with Gasteiger partial charge in [0.15, 0.2) is 0 Å². The minimum absolute atomic E-state index is 0.171. The minimum atomic E-state index is -1.19. The summed E-state index contributed by atoms with van der Waals surface area (Å²) in [5.74, 6) is -2.22. The predicted octanol–water partition coefficient (Wildman–Crippen LogP) is 1.25. The van der Waals surface area contributed by atoms with Crippen molar-refractivity contribution in [2.24, 2.45) is 5.92 Å². The molecule has 1 aromatic carbocycles. The molecule has 0 radical (unpaired) electrons. The quantitative estimate of drug-likeness (QED) is 0.795. The molecule has 1 aliphatic heterocycles. The average Bonchev–Trinajstić information content (AvgIpc) is 2.54. The molecule has 0 unspecified atom stereocenters. The Bertz CT molecular complexity index is 595. The van der Waals surface area contributed by atoms with Crippen molar-refractivity contribution in [2.45, 2.75) is 6.92 Å². The predicted molar refractivity (Wildman–Crippen MR) is 73.4 cm³/mol. The zero-order valence-electron chi connectivity index (χ0n) is 10.9. The maximum absolute atomic E-state index is 12.1. The normalized spacial score (nSPS) is 18.4. The molecule has 2 amide bonds. The summed E-state index contributed by atoms with van der Waals surface area (Å²) in [5, 5.41) is 11.3. The van der Waals surface area contributed by atoms with Gasteiger partial charge in [-0.05, 0) is 12.1 Å². The average molecular weight is 274 g/mol. The third-order valence-electron chi connectivity index (χ3n) is 2.99. The van der Waals surface area contributed by atoms with Gasteiger partial charge in [-0.1, -0.05) is 19.1 Å². The highest BCUT2D eigenvalue weighted by molar-refractivity contribution is 6.09. The molecular formula is C14H14N2O4. The maximum atomic E-state index is 12.1. The number of para-hydroxylation sites is 2. The fraction of sp³-hybridized carbons (Fsp3) is 0.214. The largest absolute Gasteiger partial charge is 0.478 e. The van der Waals surface area contributed by atoms with Crippen LogP contribution in [0, 0.1) is 5.92 Å². The number of hydrogen-bond acceptors (Lipinski definition) is 3. The molecule has 0 aromatic heterocycles. The Morgan fingerprint density at radius 2 is 2.05 bits per heavy atom. The van der Waals surface area contributed by atoms with E-state index in [1.54, 1.807) is 31.2 Å². The van der Waals surface area contributed by atoms with Crippen molar-refractivity contribution in [2.75, 3.05) is 16.8 Å². The van der Waals surface area contributed by atoms with Gasteiger partial charge < -0.3 is 15.3 Å². The first-order valence-electron chi connectivity index (χ1n) is 6.11. The van der Waals surface area contributed by atoms with E-state index >= 15 is 0 Å². The van der Waals surface area contributed by atoms with E-state index < -0.39 is 11.9 Å². The van der Waals surface area contributed by atoms with Gasteiger partial charge in [0, 0.05) is 18.7 Å². The van der Waals surface area contributed by atoms with Gasteiger partial charge in [0.25, 0.3) is 5.91 Å². The van der Waals surface area contributed by atoms with Crippen LogP contribution in [0.4, 0.5) is 11.4 Å². The first kappa shape index (κ1) is 13.8. The van der Waals surface area contributed by atoms with Gasteiger partial charge in [-0.3, -0.25) is 9.59 Å². The van der Waals surface area contributed by atoms with E-state index in [1.807, 2.05) is 0 Å². The van der Waals surface area contributed by atoms with E-state index in [9.17, 15) is 14.4 Å². The van der Waals surface area contributed by atoms with E-state index in [0.29, 0.717) is 11.4 Å². The van der Waals surface area contributed by atoms with Crippen molar-refractivity contribution in [3.8, 4) is 0 Å². The molecular weight excluding hydrogens is 260 g/mol. The zero-order valence-corrected chi connectivity index (χ0v) is 10.9. The van der Waals surface area contributed by atoms with Crippen LogP contribution < -0.4 is 10.2 Å². The van der Waals surface area contributed by atoms with Gasteiger partial charge in [-0.2, -0.15) is 0 Å².